The van der Waals surface area contributed by atoms with Crippen molar-refractivity contribution in [2.45, 2.75) is 96.2 Å². The van der Waals surface area contributed by atoms with Crippen LogP contribution < -0.4 is 5.73 Å². The number of halogens is 1. The summed E-state index contributed by atoms with van der Waals surface area (Å²) in [5, 5.41) is 0.0789. The first kappa shape index (κ1) is 26.0. The lowest BCUT2D eigenvalue weighted by atomic mass is 9.88. The van der Waals surface area contributed by atoms with Gasteiger partial charge >= 0.3 is 0 Å². The van der Waals surface area contributed by atoms with Crippen LogP contribution in [-0.4, -0.2) is 45.2 Å². The first-order valence-electron chi connectivity index (χ1n) is 11.6. The molecule has 0 fully saturated rings. The van der Waals surface area contributed by atoms with Crippen LogP contribution in [0.2, 0.25) is 18.1 Å². The van der Waals surface area contributed by atoms with Crippen LogP contribution in [0.15, 0.2) is 35.3 Å². The van der Waals surface area contributed by atoms with Gasteiger partial charge in [-0.2, -0.15) is 0 Å². The van der Waals surface area contributed by atoms with E-state index in [4.69, 9.17) is 14.9 Å². The van der Waals surface area contributed by atoms with Gasteiger partial charge in [0.05, 0.1) is 12.6 Å². The van der Waals surface area contributed by atoms with E-state index in [-0.39, 0.29) is 23.1 Å². The molecule has 0 spiro atoms. The van der Waals surface area contributed by atoms with Gasteiger partial charge in [0.15, 0.2) is 14.2 Å². The highest BCUT2D eigenvalue weighted by molar-refractivity contribution is 6.74. The number of alkyl halides is 1. The van der Waals surface area contributed by atoms with Crippen LogP contribution in [0.4, 0.5) is 4.39 Å². The van der Waals surface area contributed by atoms with Crippen molar-refractivity contribution in [3.8, 4) is 0 Å². The zero-order chi connectivity index (χ0) is 23.3. The Bertz CT molecular complexity index is 710. The van der Waals surface area contributed by atoms with Crippen LogP contribution in [0.5, 0.6) is 0 Å². The summed E-state index contributed by atoms with van der Waals surface area (Å²) in [6, 6.07) is 10.2. The minimum Gasteiger partial charge on any atom is -0.479 e. The molecule has 1 aromatic carbocycles. The molecule has 0 saturated heterocycles. The molecule has 0 radical (unpaired) electrons. The average Bonchev–Trinajstić information content (AvgIpc) is 3.17. The van der Waals surface area contributed by atoms with Gasteiger partial charge in [-0.15, -0.1) is 0 Å². The Hall–Kier alpha value is -1.24. The van der Waals surface area contributed by atoms with Crippen LogP contribution in [0.1, 0.15) is 59.4 Å². The second kappa shape index (κ2) is 10.6. The standard InChI is InChI=1S/C25H43FN2O2Si/c1-24(2,3)31(6,7)30-22(21(27)17-19-11-9-8-10-12-19)18-20(13-14-25(4,5)26)23-28-15-16-29-23/h8-12,20-22H,13-18,27H2,1-7H3. The van der Waals surface area contributed by atoms with E-state index in [0.717, 1.165) is 12.3 Å². The van der Waals surface area contributed by atoms with E-state index >= 15 is 0 Å². The van der Waals surface area contributed by atoms with Crippen LogP contribution in [0.25, 0.3) is 0 Å². The molecule has 0 amide bonds. The van der Waals surface area contributed by atoms with Crippen molar-refractivity contribution in [3.63, 3.8) is 0 Å². The molecule has 0 aliphatic carbocycles. The lowest BCUT2D eigenvalue weighted by Gasteiger charge is -2.41. The van der Waals surface area contributed by atoms with Gasteiger partial charge in [-0.05, 0) is 63.2 Å². The predicted molar refractivity (Wildman–Crippen MR) is 131 cm³/mol. The van der Waals surface area contributed by atoms with E-state index in [2.05, 4.69) is 51.0 Å². The fourth-order valence-corrected chi connectivity index (χ4v) is 5.00. The minimum absolute atomic E-state index is 0.0223. The van der Waals surface area contributed by atoms with Crippen molar-refractivity contribution >= 4 is 14.2 Å². The number of aliphatic imine (C=N–C) groups is 1. The van der Waals surface area contributed by atoms with E-state index in [1.807, 2.05) is 18.2 Å². The van der Waals surface area contributed by atoms with Gasteiger partial charge in [-0.1, -0.05) is 51.1 Å². The second-order valence-electron chi connectivity index (χ2n) is 11.0. The largest absolute Gasteiger partial charge is 0.479 e. The molecule has 1 aliphatic rings. The molecular formula is C25H43FN2O2Si. The Balaban J connectivity index is 2.25. The molecule has 3 atom stereocenters. The summed E-state index contributed by atoms with van der Waals surface area (Å²) in [4.78, 5) is 4.57. The maximum absolute atomic E-state index is 14.3. The second-order valence-corrected chi connectivity index (χ2v) is 15.8. The third kappa shape index (κ3) is 8.32. The van der Waals surface area contributed by atoms with Gasteiger partial charge in [0, 0.05) is 12.0 Å². The van der Waals surface area contributed by atoms with Crippen molar-refractivity contribution in [1.82, 2.24) is 0 Å². The summed E-state index contributed by atoms with van der Waals surface area (Å²) >= 11 is 0. The number of nitrogens with two attached hydrogens (primary N) is 1. The summed E-state index contributed by atoms with van der Waals surface area (Å²) in [5.74, 6) is 0.772. The highest BCUT2D eigenvalue weighted by Gasteiger charge is 2.41. The number of hydrogen-bond donors (Lipinski definition) is 1. The van der Waals surface area contributed by atoms with Crippen molar-refractivity contribution in [1.29, 1.82) is 0 Å². The lowest BCUT2D eigenvalue weighted by Crippen LogP contribution is -2.50. The third-order valence-corrected chi connectivity index (χ3v) is 11.1. The molecule has 1 heterocycles. The molecule has 6 heteroatoms. The Kier molecular flexibility index (Phi) is 8.88. The van der Waals surface area contributed by atoms with Crippen LogP contribution in [-0.2, 0) is 15.6 Å². The van der Waals surface area contributed by atoms with E-state index in [9.17, 15) is 4.39 Å². The topological polar surface area (TPSA) is 56.8 Å². The number of benzene rings is 1. The van der Waals surface area contributed by atoms with E-state index in [1.165, 1.54) is 5.56 Å². The minimum atomic E-state index is -2.05. The van der Waals surface area contributed by atoms with Crippen molar-refractivity contribution in [2.75, 3.05) is 13.2 Å². The molecule has 2 rings (SSSR count). The molecule has 1 aliphatic heterocycles. The summed E-state index contributed by atoms with van der Waals surface area (Å²) < 4.78 is 27.0. The molecule has 2 N–H and O–H groups in total. The predicted octanol–water partition coefficient (Wildman–Crippen LogP) is 5.91. The number of rotatable bonds is 11. The van der Waals surface area contributed by atoms with Crippen molar-refractivity contribution < 1.29 is 13.6 Å². The summed E-state index contributed by atoms with van der Waals surface area (Å²) in [7, 11) is -2.05. The summed E-state index contributed by atoms with van der Waals surface area (Å²) in [6.45, 7) is 15.8. The Morgan fingerprint density at radius 2 is 1.81 bits per heavy atom. The fourth-order valence-electron chi connectivity index (χ4n) is 3.62. The number of ether oxygens (including phenoxy) is 1. The molecule has 31 heavy (non-hydrogen) atoms. The van der Waals surface area contributed by atoms with Gasteiger partial charge < -0.3 is 14.9 Å². The van der Waals surface area contributed by atoms with Gasteiger partial charge in [0.2, 0.25) is 0 Å². The molecule has 4 nitrogen and oxygen atoms in total. The normalized spacial score (nSPS) is 18.3. The van der Waals surface area contributed by atoms with E-state index in [1.54, 1.807) is 13.8 Å². The lowest BCUT2D eigenvalue weighted by molar-refractivity contribution is 0.119. The average molecular weight is 451 g/mol. The third-order valence-electron chi connectivity index (χ3n) is 6.61. The molecule has 3 unspecified atom stereocenters. The van der Waals surface area contributed by atoms with Crippen LogP contribution in [0.3, 0.4) is 0 Å². The molecule has 176 valence electrons. The molecular weight excluding hydrogens is 407 g/mol. The number of hydrogen-bond acceptors (Lipinski definition) is 4. The first-order valence-corrected chi connectivity index (χ1v) is 14.5. The van der Waals surface area contributed by atoms with Crippen molar-refractivity contribution in [3.05, 3.63) is 35.9 Å². The smallest absolute Gasteiger partial charge is 0.192 e. The quantitative estimate of drug-likeness (QED) is 0.426. The van der Waals surface area contributed by atoms with E-state index < -0.39 is 14.0 Å². The van der Waals surface area contributed by atoms with E-state index in [0.29, 0.717) is 32.4 Å². The molecule has 0 bridgehead atoms. The monoisotopic (exact) mass is 450 g/mol. The first-order chi connectivity index (χ1) is 14.3. The van der Waals surface area contributed by atoms with Gasteiger partial charge in [0.25, 0.3) is 0 Å². The SMILES string of the molecule is CC(C)(F)CCC(CC(O[Si](C)(C)C(C)(C)C)C(N)Cc1ccccc1)C1=NCCO1. The molecule has 0 saturated carbocycles. The summed E-state index contributed by atoms with van der Waals surface area (Å²) in [6.07, 6.45) is 2.45. The maximum Gasteiger partial charge on any atom is 0.192 e. The maximum atomic E-state index is 14.3. The van der Waals surface area contributed by atoms with Gasteiger partial charge in [-0.3, -0.25) is 4.99 Å². The Labute approximate surface area is 189 Å². The summed E-state index contributed by atoms with van der Waals surface area (Å²) in [5.41, 5.74) is 6.75. The van der Waals surface area contributed by atoms with Gasteiger partial charge in [0.1, 0.15) is 12.3 Å². The van der Waals surface area contributed by atoms with Crippen molar-refractivity contribution in [2.24, 2.45) is 16.6 Å². The highest BCUT2D eigenvalue weighted by atomic mass is 28.4. The van der Waals surface area contributed by atoms with Gasteiger partial charge in [-0.25, -0.2) is 4.39 Å². The molecule has 0 aromatic heterocycles. The molecule has 1 aromatic rings. The fraction of sp³-hybridized carbons (Fsp3) is 0.720. The zero-order valence-electron chi connectivity index (χ0n) is 20.6. The Morgan fingerprint density at radius 1 is 1.16 bits per heavy atom. The Morgan fingerprint density at radius 3 is 2.32 bits per heavy atom. The zero-order valence-corrected chi connectivity index (χ0v) is 21.6. The number of nitrogens with zero attached hydrogens (tertiary/aromatic N) is 1. The van der Waals surface area contributed by atoms with Crippen LogP contribution in [0, 0.1) is 5.92 Å². The van der Waals surface area contributed by atoms with Crippen LogP contribution >= 0.6 is 0 Å². The highest BCUT2D eigenvalue weighted by Crippen LogP contribution is 2.39.